The van der Waals surface area contributed by atoms with Crippen molar-refractivity contribution in [3.05, 3.63) is 11.8 Å². The minimum atomic E-state index is -3.86. The van der Waals surface area contributed by atoms with E-state index < -0.39 is 16.0 Å². The molecule has 20 heavy (non-hydrogen) atoms. The average molecular weight is 302 g/mol. The molecule has 1 fully saturated rings. The van der Waals surface area contributed by atoms with E-state index in [1.807, 2.05) is 25.9 Å². The Bertz CT molecular complexity index is 610. The summed E-state index contributed by atoms with van der Waals surface area (Å²) in [7, 11) is -0.0647. The van der Waals surface area contributed by atoms with Crippen LogP contribution in [0.5, 0.6) is 0 Å². The highest BCUT2D eigenvalue weighted by atomic mass is 32.2. The summed E-state index contributed by atoms with van der Waals surface area (Å²) in [6.45, 7) is 2.68. The Kier molecular flexibility index (Phi) is 3.85. The summed E-state index contributed by atoms with van der Waals surface area (Å²) in [5.74, 6) is -1.13. The molecule has 1 saturated heterocycles. The van der Waals surface area contributed by atoms with E-state index in [9.17, 15) is 13.2 Å². The molecule has 0 aromatic carbocycles. The molecule has 1 aromatic heterocycles. The van der Waals surface area contributed by atoms with E-state index in [1.54, 1.807) is 0 Å². The highest BCUT2D eigenvalue weighted by Gasteiger charge is 2.40. The van der Waals surface area contributed by atoms with Gasteiger partial charge in [-0.25, -0.2) is 13.2 Å². The molecule has 1 aromatic rings. The number of aromatic carboxylic acids is 1. The molecule has 0 amide bonds. The van der Waals surface area contributed by atoms with Crippen molar-refractivity contribution in [1.29, 1.82) is 0 Å². The van der Waals surface area contributed by atoms with Crippen LogP contribution >= 0.6 is 0 Å². The van der Waals surface area contributed by atoms with E-state index in [1.165, 1.54) is 4.31 Å². The third kappa shape index (κ3) is 2.43. The molecule has 1 aliphatic rings. The zero-order valence-corrected chi connectivity index (χ0v) is 12.4. The summed E-state index contributed by atoms with van der Waals surface area (Å²) in [4.78, 5) is 13.0. The maximum atomic E-state index is 12.5. The van der Waals surface area contributed by atoms with Gasteiger partial charge in [0.05, 0.1) is 6.20 Å². The van der Waals surface area contributed by atoms with E-state index in [4.69, 9.17) is 5.11 Å². The van der Waals surface area contributed by atoms with Crippen molar-refractivity contribution < 1.29 is 18.3 Å². The number of hydrogen-bond donors (Lipinski definition) is 2. The molecular weight excluding hydrogens is 284 g/mol. The Morgan fingerprint density at radius 2 is 2.15 bits per heavy atom. The van der Waals surface area contributed by atoms with Gasteiger partial charge >= 0.3 is 5.97 Å². The fraction of sp³-hybridized carbons (Fsp3) is 0.636. The van der Waals surface area contributed by atoms with Crippen LogP contribution in [0, 0.1) is 5.92 Å². The SMILES string of the molecule is CC1CN(S(=O)(=O)c2[nH]ncc2C(=O)O)CC1N(C)C. The number of carbonyl (C=O) groups is 1. The quantitative estimate of drug-likeness (QED) is 0.789. The smallest absolute Gasteiger partial charge is 0.340 e. The van der Waals surface area contributed by atoms with Crippen molar-refractivity contribution >= 4 is 16.0 Å². The molecule has 2 N–H and O–H groups in total. The van der Waals surface area contributed by atoms with E-state index >= 15 is 0 Å². The lowest BCUT2D eigenvalue weighted by molar-refractivity contribution is 0.0692. The Labute approximate surface area is 117 Å². The van der Waals surface area contributed by atoms with Crippen molar-refractivity contribution in [3.63, 3.8) is 0 Å². The van der Waals surface area contributed by atoms with Crippen LogP contribution in [0.15, 0.2) is 11.2 Å². The molecule has 2 heterocycles. The number of nitrogens with zero attached hydrogens (tertiary/aromatic N) is 3. The van der Waals surface area contributed by atoms with Crippen LogP contribution in [0.3, 0.4) is 0 Å². The molecule has 0 bridgehead atoms. The Hall–Kier alpha value is -1.45. The van der Waals surface area contributed by atoms with Gasteiger partial charge < -0.3 is 10.0 Å². The zero-order valence-electron chi connectivity index (χ0n) is 11.6. The van der Waals surface area contributed by atoms with Crippen molar-refractivity contribution in [2.75, 3.05) is 27.2 Å². The molecule has 0 saturated carbocycles. The number of likely N-dealkylation sites (N-methyl/N-ethyl adjacent to an activating group) is 1. The van der Waals surface area contributed by atoms with Crippen LogP contribution in [0.4, 0.5) is 0 Å². The second kappa shape index (κ2) is 5.15. The van der Waals surface area contributed by atoms with Gasteiger partial charge in [0.2, 0.25) is 0 Å². The summed E-state index contributed by atoms with van der Waals surface area (Å²) < 4.78 is 26.3. The average Bonchev–Trinajstić information content (AvgIpc) is 2.94. The molecule has 0 radical (unpaired) electrons. The summed E-state index contributed by atoms with van der Waals surface area (Å²) in [5, 5.41) is 14.5. The molecule has 1 aliphatic heterocycles. The lowest BCUT2D eigenvalue weighted by atomic mass is 10.1. The second-order valence-electron chi connectivity index (χ2n) is 5.25. The first kappa shape index (κ1) is 14.9. The highest BCUT2D eigenvalue weighted by Crippen LogP contribution is 2.27. The maximum Gasteiger partial charge on any atom is 0.340 e. The molecule has 112 valence electrons. The number of sulfonamides is 1. The number of carboxylic acids is 1. The predicted octanol–water partition coefficient (Wildman–Crippen LogP) is -0.321. The molecule has 0 spiro atoms. The van der Waals surface area contributed by atoms with Crippen molar-refractivity contribution in [2.24, 2.45) is 5.92 Å². The minimum Gasteiger partial charge on any atom is -0.478 e. The van der Waals surface area contributed by atoms with Crippen LogP contribution in [0.1, 0.15) is 17.3 Å². The lowest BCUT2D eigenvalue weighted by Gasteiger charge is -2.22. The van der Waals surface area contributed by atoms with Gasteiger partial charge in [0.25, 0.3) is 10.0 Å². The number of H-pyrrole nitrogens is 1. The van der Waals surface area contributed by atoms with Gasteiger partial charge in [0.15, 0.2) is 5.03 Å². The van der Waals surface area contributed by atoms with Gasteiger partial charge in [0, 0.05) is 19.1 Å². The molecular formula is C11H18N4O4S. The third-order valence-corrected chi connectivity index (χ3v) is 5.44. The number of rotatable bonds is 4. The first-order valence-electron chi connectivity index (χ1n) is 6.18. The summed E-state index contributed by atoms with van der Waals surface area (Å²) >= 11 is 0. The normalized spacial score (nSPS) is 24.4. The minimum absolute atomic E-state index is 0.112. The Morgan fingerprint density at radius 1 is 1.50 bits per heavy atom. The number of hydrogen-bond acceptors (Lipinski definition) is 5. The maximum absolute atomic E-state index is 12.5. The van der Waals surface area contributed by atoms with Gasteiger partial charge in [-0.3, -0.25) is 5.10 Å². The molecule has 2 unspecified atom stereocenters. The second-order valence-corrected chi connectivity index (χ2v) is 7.12. The van der Waals surface area contributed by atoms with E-state index in [0.29, 0.717) is 13.1 Å². The van der Waals surface area contributed by atoms with E-state index in [0.717, 1.165) is 6.20 Å². The topological polar surface area (TPSA) is 107 Å². The van der Waals surface area contributed by atoms with Crippen LogP contribution in [0.25, 0.3) is 0 Å². The number of aromatic amines is 1. The van der Waals surface area contributed by atoms with Crippen molar-refractivity contribution in [1.82, 2.24) is 19.4 Å². The van der Waals surface area contributed by atoms with E-state index in [2.05, 4.69) is 10.2 Å². The van der Waals surface area contributed by atoms with Crippen LogP contribution in [-0.4, -0.2) is 72.1 Å². The highest BCUT2D eigenvalue weighted by molar-refractivity contribution is 7.89. The molecule has 2 atom stereocenters. The largest absolute Gasteiger partial charge is 0.478 e. The first-order valence-corrected chi connectivity index (χ1v) is 7.62. The summed E-state index contributed by atoms with van der Waals surface area (Å²) in [5.41, 5.74) is -0.328. The first-order chi connectivity index (χ1) is 9.25. The van der Waals surface area contributed by atoms with Gasteiger partial charge in [-0.2, -0.15) is 9.40 Å². The Balaban J connectivity index is 2.33. The van der Waals surface area contributed by atoms with Gasteiger partial charge in [-0.05, 0) is 20.0 Å². The van der Waals surface area contributed by atoms with Crippen molar-refractivity contribution in [3.8, 4) is 0 Å². The molecule has 8 nitrogen and oxygen atoms in total. The molecule has 2 rings (SSSR count). The standard InChI is InChI=1S/C11H18N4O4S/c1-7-5-15(6-9(7)14(2)3)20(18,19)10-8(11(16)17)4-12-13-10/h4,7,9H,5-6H2,1-3H3,(H,12,13)(H,16,17). The number of aromatic nitrogens is 2. The van der Waals surface area contributed by atoms with Gasteiger partial charge in [-0.1, -0.05) is 6.92 Å². The summed E-state index contributed by atoms with van der Waals surface area (Å²) in [6, 6.07) is 0.112. The Morgan fingerprint density at radius 3 is 2.65 bits per heavy atom. The van der Waals surface area contributed by atoms with E-state index in [-0.39, 0.29) is 22.5 Å². The van der Waals surface area contributed by atoms with Crippen molar-refractivity contribution in [2.45, 2.75) is 18.0 Å². The monoisotopic (exact) mass is 302 g/mol. The summed E-state index contributed by atoms with van der Waals surface area (Å²) in [6.07, 6.45) is 1.01. The third-order valence-electron chi connectivity index (χ3n) is 3.64. The fourth-order valence-electron chi connectivity index (χ4n) is 2.53. The lowest BCUT2D eigenvalue weighted by Crippen LogP contribution is -2.36. The predicted molar refractivity (Wildman–Crippen MR) is 70.9 cm³/mol. The van der Waals surface area contributed by atoms with Crippen LogP contribution < -0.4 is 0 Å². The number of carboxylic acid groups (broad SMARTS) is 1. The molecule has 9 heteroatoms. The molecule has 0 aliphatic carbocycles. The number of nitrogens with one attached hydrogen (secondary N) is 1. The fourth-order valence-corrected chi connectivity index (χ4v) is 4.15. The van der Waals surface area contributed by atoms with Crippen LogP contribution in [0.2, 0.25) is 0 Å². The van der Waals surface area contributed by atoms with Gasteiger partial charge in [0.1, 0.15) is 5.56 Å². The van der Waals surface area contributed by atoms with Crippen LogP contribution in [-0.2, 0) is 10.0 Å². The van der Waals surface area contributed by atoms with Gasteiger partial charge in [-0.15, -0.1) is 0 Å². The zero-order chi connectivity index (χ0) is 15.1.